The fourth-order valence-electron chi connectivity index (χ4n) is 3.05. The van der Waals surface area contributed by atoms with Crippen LogP contribution in [0.15, 0.2) is 73.1 Å². The fraction of sp³-hybridized carbons (Fsp3) is 0.182. The van der Waals surface area contributed by atoms with Crippen LogP contribution >= 0.6 is 0 Å². The Labute approximate surface area is 162 Å². The number of ether oxygens (including phenoxy) is 2. The van der Waals surface area contributed by atoms with Crippen molar-refractivity contribution in [2.24, 2.45) is 0 Å². The summed E-state index contributed by atoms with van der Waals surface area (Å²) in [6, 6.07) is 17.6. The van der Waals surface area contributed by atoms with E-state index in [1.54, 1.807) is 29.4 Å². The van der Waals surface area contributed by atoms with Gasteiger partial charge in [0.25, 0.3) is 0 Å². The lowest BCUT2D eigenvalue weighted by Gasteiger charge is -2.13. The number of pyridine rings is 1. The average molecular weight is 378 g/mol. The molecule has 1 aromatic heterocycles. The van der Waals surface area contributed by atoms with Crippen LogP contribution in [0.1, 0.15) is 22.8 Å². The molecular weight excluding hydrogens is 359 g/mol. The lowest BCUT2D eigenvalue weighted by atomic mass is 10.1. The van der Waals surface area contributed by atoms with Crippen LogP contribution in [0.5, 0.6) is 5.75 Å². The van der Waals surface area contributed by atoms with Crippen molar-refractivity contribution in [2.75, 3.05) is 6.54 Å². The molecule has 0 bridgehead atoms. The number of cyclic esters (lactones) is 1. The molecule has 1 fully saturated rings. The molecule has 2 heterocycles. The molecule has 1 atom stereocenters. The first-order chi connectivity index (χ1) is 13.7. The third kappa shape index (κ3) is 4.28. The monoisotopic (exact) mass is 378 g/mol. The van der Waals surface area contributed by atoms with Crippen molar-refractivity contribution in [3.05, 3.63) is 95.6 Å². The van der Waals surface area contributed by atoms with Crippen molar-refractivity contribution in [3.8, 4) is 5.75 Å². The number of carbonyl (C=O) groups is 1. The Bertz CT molecular complexity index is 930. The van der Waals surface area contributed by atoms with E-state index in [1.807, 2.05) is 36.4 Å². The second-order valence-electron chi connectivity index (χ2n) is 6.60. The highest BCUT2D eigenvalue weighted by Gasteiger charge is 2.32. The van der Waals surface area contributed by atoms with Crippen LogP contribution in [-0.4, -0.2) is 22.5 Å². The fourth-order valence-corrected chi connectivity index (χ4v) is 3.05. The highest BCUT2D eigenvalue weighted by molar-refractivity contribution is 5.70. The van der Waals surface area contributed by atoms with Crippen LogP contribution in [0.2, 0.25) is 0 Å². The number of hydrogen-bond acceptors (Lipinski definition) is 4. The Morgan fingerprint density at radius 3 is 2.54 bits per heavy atom. The Hall–Kier alpha value is -3.41. The van der Waals surface area contributed by atoms with Gasteiger partial charge in [-0.05, 0) is 41.0 Å². The molecule has 0 radical (unpaired) electrons. The quantitative estimate of drug-likeness (QED) is 0.634. The standard InChI is InChI=1S/C22H19FN2O3/c23-19-9-7-18(8-10-19)21-14-25(22(26)28-21)13-16-3-5-17(6-4-16)15-27-20-2-1-11-24-12-20/h1-12,21H,13-15H2. The van der Waals surface area contributed by atoms with E-state index in [9.17, 15) is 9.18 Å². The second kappa shape index (κ2) is 8.08. The number of rotatable bonds is 6. The predicted octanol–water partition coefficient (Wildman–Crippen LogP) is 4.49. The summed E-state index contributed by atoms with van der Waals surface area (Å²) in [6.07, 6.45) is 2.63. The molecule has 5 nitrogen and oxygen atoms in total. The van der Waals surface area contributed by atoms with Gasteiger partial charge < -0.3 is 9.47 Å². The summed E-state index contributed by atoms with van der Waals surface area (Å²) in [6.45, 7) is 1.35. The number of benzene rings is 2. The summed E-state index contributed by atoms with van der Waals surface area (Å²) in [5.41, 5.74) is 2.82. The largest absolute Gasteiger partial charge is 0.487 e. The van der Waals surface area contributed by atoms with Gasteiger partial charge in [0.15, 0.2) is 0 Å². The van der Waals surface area contributed by atoms with Crippen LogP contribution in [0.4, 0.5) is 9.18 Å². The van der Waals surface area contributed by atoms with E-state index in [0.29, 0.717) is 19.7 Å². The molecule has 1 aliphatic heterocycles. The first-order valence-electron chi connectivity index (χ1n) is 8.99. The smallest absolute Gasteiger partial charge is 0.410 e. The molecule has 1 saturated heterocycles. The van der Waals surface area contributed by atoms with E-state index >= 15 is 0 Å². The average Bonchev–Trinajstić information content (AvgIpc) is 3.09. The normalized spacial score (nSPS) is 16.1. The van der Waals surface area contributed by atoms with Gasteiger partial charge in [-0.1, -0.05) is 36.4 Å². The minimum absolute atomic E-state index is 0.308. The van der Waals surface area contributed by atoms with Gasteiger partial charge in [0.05, 0.1) is 12.7 Å². The van der Waals surface area contributed by atoms with Gasteiger partial charge in [0.1, 0.15) is 24.3 Å². The van der Waals surface area contributed by atoms with Crippen molar-refractivity contribution in [3.63, 3.8) is 0 Å². The number of halogens is 1. The van der Waals surface area contributed by atoms with Gasteiger partial charge in [-0.2, -0.15) is 0 Å². The van der Waals surface area contributed by atoms with Crippen molar-refractivity contribution in [1.82, 2.24) is 9.88 Å². The molecule has 0 spiro atoms. The minimum Gasteiger partial charge on any atom is -0.487 e. The topological polar surface area (TPSA) is 51.7 Å². The number of carbonyl (C=O) groups excluding carboxylic acids is 1. The minimum atomic E-state index is -0.375. The summed E-state index contributed by atoms with van der Waals surface area (Å²) < 4.78 is 24.2. The summed E-state index contributed by atoms with van der Waals surface area (Å²) in [5, 5.41) is 0. The second-order valence-corrected chi connectivity index (χ2v) is 6.60. The Morgan fingerprint density at radius 1 is 1.07 bits per heavy atom. The number of hydrogen-bond donors (Lipinski definition) is 0. The SMILES string of the molecule is O=C1OC(c2ccc(F)cc2)CN1Cc1ccc(COc2cccnc2)cc1. The van der Waals surface area contributed by atoms with Gasteiger partial charge in [-0.25, -0.2) is 9.18 Å². The molecular formula is C22H19FN2O3. The zero-order valence-corrected chi connectivity index (χ0v) is 15.1. The maximum atomic E-state index is 13.1. The zero-order valence-electron chi connectivity index (χ0n) is 15.1. The van der Waals surface area contributed by atoms with Crippen molar-refractivity contribution in [1.29, 1.82) is 0 Å². The first kappa shape index (κ1) is 18.0. The lowest BCUT2D eigenvalue weighted by molar-refractivity contribution is 0.132. The van der Waals surface area contributed by atoms with E-state index in [4.69, 9.17) is 9.47 Å². The summed E-state index contributed by atoms with van der Waals surface area (Å²) in [4.78, 5) is 17.8. The van der Waals surface area contributed by atoms with E-state index in [0.717, 1.165) is 22.4 Å². The molecule has 4 rings (SSSR count). The highest BCUT2D eigenvalue weighted by atomic mass is 19.1. The molecule has 0 aliphatic carbocycles. The van der Waals surface area contributed by atoms with Gasteiger partial charge in [-0.15, -0.1) is 0 Å². The number of amides is 1. The lowest BCUT2D eigenvalue weighted by Crippen LogP contribution is -2.23. The third-order valence-electron chi connectivity index (χ3n) is 4.57. The molecule has 1 amide bonds. The maximum absolute atomic E-state index is 13.1. The Morgan fingerprint density at radius 2 is 1.82 bits per heavy atom. The van der Waals surface area contributed by atoms with Crippen molar-refractivity contribution in [2.45, 2.75) is 19.3 Å². The van der Waals surface area contributed by atoms with Crippen LogP contribution in [0, 0.1) is 5.82 Å². The summed E-state index contributed by atoms with van der Waals surface area (Å²) in [7, 11) is 0. The van der Waals surface area contributed by atoms with Crippen molar-refractivity contribution < 1.29 is 18.7 Å². The molecule has 28 heavy (non-hydrogen) atoms. The zero-order chi connectivity index (χ0) is 19.3. The molecule has 6 heteroatoms. The van der Waals surface area contributed by atoms with E-state index in [1.165, 1.54) is 12.1 Å². The summed E-state index contributed by atoms with van der Waals surface area (Å²) in [5.74, 6) is 0.413. The first-order valence-corrected chi connectivity index (χ1v) is 8.99. The third-order valence-corrected chi connectivity index (χ3v) is 4.57. The highest BCUT2D eigenvalue weighted by Crippen LogP contribution is 2.27. The van der Waals surface area contributed by atoms with E-state index in [-0.39, 0.29) is 18.0 Å². The number of nitrogens with zero attached hydrogens (tertiary/aromatic N) is 2. The van der Waals surface area contributed by atoms with Crippen LogP contribution in [-0.2, 0) is 17.9 Å². The van der Waals surface area contributed by atoms with Crippen molar-refractivity contribution >= 4 is 6.09 Å². The van der Waals surface area contributed by atoms with Crippen LogP contribution < -0.4 is 4.74 Å². The Balaban J connectivity index is 1.34. The van der Waals surface area contributed by atoms with Crippen LogP contribution in [0.25, 0.3) is 0 Å². The molecule has 0 N–H and O–H groups in total. The molecule has 2 aromatic carbocycles. The van der Waals surface area contributed by atoms with Gasteiger partial charge in [0, 0.05) is 12.7 Å². The van der Waals surface area contributed by atoms with Crippen LogP contribution in [0.3, 0.4) is 0 Å². The molecule has 0 saturated carbocycles. The molecule has 1 aliphatic rings. The summed E-state index contributed by atoms with van der Waals surface area (Å²) >= 11 is 0. The predicted molar refractivity (Wildman–Crippen MR) is 101 cm³/mol. The molecule has 3 aromatic rings. The number of aromatic nitrogens is 1. The Kier molecular flexibility index (Phi) is 5.19. The molecule has 142 valence electrons. The van der Waals surface area contributed by atoms with Gasteiger partial charge in [-0.3, -0.25) is 9.88 Å². The molecule has 1 unspecified atom stereocenters. The van der Waals surface area contributed by atoms with Gasteiger partial charge >= 0.3 is 6.09 Å². The van der Waals surface area contributed by atoms with E-state index in [2.05, 4.69) is 4.98 Å². The van der Waals surface area contributed by atoms with E-state index < -0.39 is 0 Å². The maximum Gasteiger partial charge on any atom is 0.410 e. The van der Waals surface area contributed by atoms with Gasteiger partial charge in [0.2, 0.25) is 0 Å².